The minimum atomic E-state index is -5.26. The quantitative estimate of drug-likeness (QED) is 0.548. The van der Waals surface area contributed by atoms with Gasteiger partial charge in [0, 0.05) is 0 Å². The van der Waals surface area contributed by atoms with Gasteiger partial charge in [0.2, 0.25) is 0 Å². The molecule has 0 N–H and O–H groups in total. The Labute approximate surface area is 70.3 Å². The highest BCUT2D eigenvalue weighted by Gasteiger charge is 2.74. The second-order valence-corrected chi connectivity index (χ2v) is 3.16. The number of alkyl halides is 6. The van der Waals surface area contributed by atoms with Crippen molar-refractivity contribution in [1.29, 1.82) is 0 Å². The van der Waals surface area contributed by atoms with Crippen LogP contribution in [0.3, 0.4) is 0 Å². The van der Waals surface area contributed by atoms with Crippen molar-refractivity contribution < 1.29 is 26.3 Å². The third kappa shape index (κ3) is 1.38. The van der Waals surface area contributed by atoms with Gasteiger partial charge in [-0.25, -0.2) is 0 Å². The fourth-order valence-corrected chi connectivity index (χ4v) is 1.20. The fraction of sp³-hybridized carbons (Fsp3) is 1.00. The lowest BCUT2D eigenvalue weighted by molar-refractivity contribution is -0.336. The lowest BCUT2D eigenvalue weighted by Gasteiger charge is -2.41. The first-order chi connectivity index (χ1) is 5.60. The van der Waals surface area contributed by atoms with Crippen molar-refractivity contribution in [2.24, 2.45) is 0 Å². The summed E-state index contributed by atoms with van der Waals surface area (Å²) in [7, 11) is 0.942. The summed E-state index contributed by atoms with van der Waals surface area (Å²) in [6, 6.07) is 0. The molecule has 0 radical (unpaired) electrons. The van der Waals surface area contributed by atoms with Gasteiger partial charge in [-0.05, 0) is 7.05 Å². The van der Waals surface area contributed by atoms with Crippen LogP contribution in [-0.4, -0.2) is 42.8 Å². The normalized spacial score (nSPS) is 31.6. The van der Waals surface area contributed by atoms with Gasteiger partial charge in [-0.3, -0.25) is 4.90 Å². The van der Waals surface area contributed by atoms with Crippen molar-refractivity contribution in [2.75, 3.05) is 20.1 Å². The first-order valence-electron chi connectivity index (χ1n) is 3.42. The van der Waals surface area contributed by atoms with E-state index in [0.29, 0.717) is 4.90 Å². The number of hydrogen-bond acceptors (Lipinski definition) is 1. The number of likely N-dealkylation sites (tertiary alicyclic amines) is 1. The Hall–Kier alpha value is -0.460. The minimum absolute atomic E-state index is 0.484. The maximum absolute atomic E-state index is 12.5. The lowest BCUT2D eigenvalue weighted by atomic mass is 9.99. The van der Waals surface area contributed by atoms with Crippen LogP contribution in [-0.2, 0) is 0 Å². The van der Waals surface area contributed by atoms with Crippen LogP contribution in [0.5, 0.6) is 0 Å². The van der Waals surface area contributed by atoms with Gasteiger partial charge in [0.1, 0.15) is 0 Å². The maximum atomic E-state index is 12.5. The molecule has 1 fully saturated rings. The molecule has 0 aromatic heterocycles. The topological polar surface area (TPSA) is 3.24 Å². The number of rotatable bonds is 0. The molecule has 13 heavy (non-hydrogen) atoms. The van der Waals surface area contributed by atoms with Gasteiger partial charge in [0.05, 0.1) is 13.1 Å². The zero-order chi connectivity index (χ0) is 10.5. The van der Waals surface area contributed by atoms with E-state index in [1.807, 2.05) is 0 Å². The molecular formula is C6H7F6N. The van der Waals surface area contributed by atoms with Gasteiger partial charge < -0.3 is 0 Å². The highest BCUT2D eigenvalue weighted by atomic mass is 19.3. The van der Waals surface area contributed by atoms with Gasteiger partial charge in [0.15, 0.2) is 0 Å². The number of hydrogen-bond donors (Lipinski definition) is 0. The Morgan fingerprint density at radius 1 is 0.846 bits per heavy atom. The molecular weight excluding hydrogens is 200 g/mol. The van der Waals surface area contributed by atoms with E-state index >= 15 is 0 Å². The average molecular weight is 207 g/mol. The zero-order valence-electron chi connectivity index (χ0n) is 6.63. The van der Waals surface area contributed by atoms with Crippen LogP contribution in [0, 0.1) is 0 Å². The molecule has 0 aromatic carbocycles. The summed E-state index contributed by atoms with van der Waals surface area (Å²) in [5, 5.41) is 0. The third-order valence-corrected chi connectivity index (χ3v) is 1.86. The Balaban J connectivity index is 3.03. The van der Waals surface area contributed by atoms with E-state index in [9.17, 15) is 26.3 Å². The number of nitrogens with zero attached hydrogens (tertiary/aromatic N) is 1. The zero-order valence-corrected chi connectivity index (χ0v) is 6.63. The predicted molar refractivity (Wildman–Crippen MR) is 32.3 cm³/mol. The van der Waals surface area contributed by atoms with Crippen molar-refractivity contribution in [3.63, 3.8) is 0 Å². The number of halogens is 6. The molecule has 0 spiro atoms. The molecule has 0 aromatic rings. The number of piperidine rings is 1. The Morgan fingerprint density at radius 3 is 1.46 bits per heavy atom. The summed E-state index contributed by atoms with van der Waals surface area (Å²) >= 11 is 0. The molecule has 0 amide bonds. The summed E-state index contributed by atoms with van der Waals surface area (Å²) in [6.07, 6.45) is 0. The summed E-state index contributed by atoms with van der Waals surface area (Å²) in [5.41, 5.74) is 0. The van der Waals surface area contributed by atoms with Crippen LogP contribution >= 0.6 is 0 Å². The molecule has 0 atom stereocenters. The fourth-order valence-electron chi connectivity index (χ4n) is 1.20. The standard InChI is InChI=1S/C6H7F6N/c1-13-2-4(7,8)6(11,12)5(9,10)3-13/h2-3H2,1H3. The van der Waals surface area contributed by atoms with E-state index in [4.69, 9.17) is 0 Å². The lowest BCUT2D eigenvalue weighted by Crippen LogP contribution is -2.66. The monoisotopic (exact) mass is 207 g/mol. The van der Waals surface area contributed by atoms with Gasteiger partial charge >= 0.3 is 17.8 Å². The average Bonchev–Trinajstić information content (AvgIpc) is 1.80. The molecule has 0 unspecified atom stereocenters. The third-order valence-electron chi connectivity index (χ3n) is 1.86. The van der Waals surface area contributed by atoms with Crippen LogP contribution in [0.25, 0.3) is 0 Å². The van der Waals surface area contributed by atoms with Crippen molar-refractivity contribution in [1.82, 2.24) is 4.90 Å². The van der Waals surface area contributed by atoms with E-state index < -0.39 is 30.9 Å². The van der Waals surface area contributed by atoms with Crippen molar-refractivity contribution >= 4 is 0 Å². The van der Waals surface area contributed by atoms with Gasteiger partial charge in [-0.2, -0.15) is 26.3 Å². The summed E-state index contributed by atoms with van der Waals surface area (Å²) in [6.45, 7) is -2.70. The molecule has 1 nitrogen and oxygen atoms in total. The summed E-state index contributed by atoms with van der Waals surface area (Å²) in [4.78, 5) is 0.484. The Bertz CT molecular complexity index is 193. The molecule has 1 saturated heterocycles. The highest BCUT2D eigenvalue weighted by molar-refractivity contribution is 5.03. The molecule has 1 aliphatic rings. The molecule has 0 bridgehead atoms. The summed E-state index contributed by atoms with van der Waals surface area (Å²) < 4.78 is 74.6. The smallest absolute Gasteiger partial charge is 0.294 e. The second kappa shape index (κ2) is 2.52. The van der Waals surface area contributed by atoms with E-state index in [2.05, 4.69) is 0 Å². The SMILES string of the molecule is CN1CC(F)(F)C(F)(F)C(F)(F)C1. The minimum Gasteiger partial charge on any atom is -0.294 e. The molecule has 1 rings (SSSR count). The first kappa shape index (κ1) is 10.6. The van der Waals surface area contributed by atoms with Crippen molar-refractivity contribution in [3.8, 4) is 0 Å². The molecule has 78 valence electrons. The van der Waals surface area contributed by atoms with Crippen LogP contribution in [0.15, 0.2) is 0 Å². The highest BCUT2D eigenvalue weighted by Crippen LogP contribution is 2.48. The van der Waals surface area contributed by atoms with E-state index in [1.165, 1.54) is 0 Å². The van der Waals surface area contributed by atoms with Crippen molar-refractivity contribution in [3.05, 3.63) is 0 Å². The van der Waals surface area contributed by atoms with Gasteiger partial charge in [-0.1, -0.05) is 0 Å². The molecule has 0 saturated carbocycles. The molecule has 0 aliphatic carbocycles. The maximum Gasteiger partial charge on any atom is 0.374 e. The van der Waals surface area contributed by atoms with Gasteiger partial charge in [-0.15, -0.1) is 0 Å². The Morgan fingerprint density at radius 2 is 1.15 bits per heavy atom. The largest absolute Gasteiger partial charge is 0.374 e. The van der Waals surface area contributed by atoms with Gasteiger partial charge in [0.25, 0.3) is 0 Å². The first-order valence-corrected chi connectivity index (χ1v) is 3.42. The van der Waals surface area contributed by atoms with E-state index in [0.717, 1.165) is 7.05 Å². The second-order valence-electron chi connectivity index (χ2n) is 3.16. The predicted octanol–water partition coefficient (Wildman–Crippen LogP) is 1.84. The van der Waals surface area contributed by atoms with Crippen LogP contribution < -0.4 is 0 Å². The van der Waals surface area contributed by atoms with E-state index in [1.54, 1.807) is 0 Å². The Kier molecular flexibility index (Phi) is 2.06. The summed E-state index contributed by atoms with van der Waals surface area (Å²) in [5.74, 6) is -14.6. The molecule has 1 heterocycles. The van der Waals surface area contributed by atoms with E-state index in [-0.39, 0.29) is 0 Å². The van der Waals surface area contributed by atoms with Crippen LogP contribution in [0.2, 0.25) is 0 Å². The van der Waals surface area contributed by atoms with Crippen LogP contribution in [0.4, 0.5) is 26.3 Å². The van der Waals surface area contributed by atoms with Crippen molar-refractivity contribution in [2.45, 2.75) is 17.8 Å². The molecule has 1 aliphatic heterocycles. The van der Waals surface area contributed by atoms with Crippen LogP contribution in [0.1, 0.15) is 0 Å². The molecule has 7 heteroatoms.